The second-order valence-electron chi connectivity index (χ2n) is 13.8. The number of carbonyl (C=O) groups excluding carboxylic acids is 3. The first-order valence-electron chi connectivity index (χ1n) is 19.0. The lowest BCUT2D eigenvalue weighted by Crippen LogP contribution is -2.48. The average molecular weight is 797 g/mol. The van der Waals surface area contributed by atoms with E-state index in [9.17, 15) is 14.4 Å². The van der Waals surface area contributed by atoms with Gasteiger partial charge in [-0.15, -0.1) is 0 Å². The van der Waals surface area contributed by atoms with Crippen LogP contribution in [0.15, 0.2) is 97.1 Å². The Morgan fingerprint density at radius 1 is 0.638 bits per heavy atom. The predicted molar refractivity (Wildman–Crippen MR) is 226 cm³/mol. The van der Waals surface area contributed by atoms with Crippen LogP contribution in [0, 0.1) is 0 Å². The number of anilines is 3. The van der Waals surface area contributed by atoms with Crippen LogP contribution in [0.2, 0.25) is 5.02 Å². The number of aromatic nitrogens is 6. The molecule has 16 heteroatoms. The Labute approximate surface area is 338 Å². The van der Waals surface area contributed by atoms with Gasteiger partial charge >= 0.3 is 0 Å². The second kappa shape index (κ2) is 17.0. The molecule has 8 rings (SSSR count). The van der Waals surface area contributed by atoms with E-state index < -0.39 is 0 Å². The van der Waals surface area contributed by atoms with Gasteiger partial charge in [-0.1, -0.05) is 72.3 Å². The number of fused-ring (bicyclic) bond motifs is 2. The molecular weight excluding hydrogens is 756 g/mol. The number of amides is 3. The molecule has 0 spiro atoms. The molecule has 7 aromatic rings. The van der Waals surface area contributed by atoms with Crippen molar-refractivity contribution in [2.45, 2.75) is 6.92 Å². The highest BCUT2D eigenvalue weighted by atomic mass is 35.5. The van der Waals surface area contributed by atoms with Crippen LogP contribution in [0.25, 0.3) is 44.8 Å². The van der Waals surface area contributed by atoms with E-state index in [2.05, 4.69) is 36.1 Å². The molecule has 0 unspecified atom stereocenters. The molecule has 0 aliphatic carbocycles. The Balaban J connectivity index is 0.964. The summed E-state index contributed by atoms with van der Waals surface area (Å²) in [5.41, 5.74) is 4.48. The summed E-state index contributed by atoms with van der Waals surface area (Å²) in [6.45, 7) is 5.42. The quantitative estimate of drug-likeness (QED) is 0.0806. The highest BCUT2D eigenvalue weighted by molar-refractivity contribution is 6.30. The molecule has 294 valence electrons. The number of H-pyrrole nitrogens is 2. The van der Waals surface area contributed by atoms with E-state index in [1.165, 1.54) is 6.92 Å². The van der Waals surface area contributed by atoms with Crippen LogP contribution in [0.3, 0.4) is 0 Å². The maximum atomic E-state index is 13.8. The van der Waals surface area contributed by atoms with Gasteiger partial charge < -0.3 is 41.0 Å². The molecule has 0 saturated carbocycles. The summed E-state index contributed by atoms with van der Waals surface area (Å²) in [7, 11) is 0. The largest absolute Gasteiger partial charge is 0.368 e. The van der Waals surface area contributed by atoms with Crippen molar-refractivity contribution in [1.29, 1.82) is 0 Å². The molecule has 5 heterocycles. The molecule has 0 radical (unpaired) electrons. The fourth-order valence-corrected chi connectivity index (χ4v) is 6.95. The van der Waals surface area contributed by atoms with Gasteiger partial charge in [0, 0.05) is 81.1 Å². The van der Waals surface area contributed by atoms with E-state index in [1.807, 2.05) is 89.8 Å². The predicted octanol–water partition coefficient (Wildman–Crippen LogP) is 5.57. The van der Waals surface area contributed by atoms with Crippen LogP contribution in [-0.4, -0.2) is 105 Å². The van der Waals surface area contributed by atoms with E-state index in [0.717, 1.165) is 16.8 Å². The third kappa shape index (κ3) is 8.54. The Morgan fingerprint density at radius 3 is 1.71 bits per heavy atom. The summed E-state index contributed by atoms with van der Waals surface area (Å²) < 4.78 is 0. The SMILES string of the molecule is CC(=O)NCCNc1nc(-c2ccccc2)nc2[nH]c(C(=O)NCCNc3nc(-c4ccccc4)nc4[nH]c(C(=O)N5CCN(c6ccc(Cl)cc6)CC5)cc34)cc12. The first-order valence-corrected chi connectivity index (χ1v) is 19.4. The van der Waals surface area contributed by atoms with Crippen LogP contribution < -0.4 is 26.2 Å². The summed E-state index contributed by atoms with van der Waals surface area (Å²) >= 11 is 6.08. The van der Waals surface area contributed by atoms with Crippen molar-refractivity contribution in [1.82, 2.24) is 45.4 Å². The third-order valence-corrected chi connectivity index (χ3v) is 10.0. The van der Waals surface area contributed by atoms with Gasteiger partial charge in [0.05, 0.1) is 10.8 Å². The number of hydrogen-bond donors (Lipinski definition) is 6. The van der Waals surface area contributed by atoms with Gasteiger partial charge in [-0.05, 0) is 36.4 Å². The lowest BCUT2D eigenvalue weighted by atomic mass is 10.2. The van der Waals surface area contributed by atoms with Crippen molar-refractivity contribution < 1.29 is 14.4 Å². The normalized spacial score (nSPS) is 12.8. The summed E-state index contributed by atoms with van der Waals surface area (Å²) in [5.74, 6) is 1.49. The van der Waals surface area contributed by atoms with E-state index >= 15 is 0 Å². The maximum Gasteiger partial charge on any atom is 0.270 e. The molecular formula is C42H41ClN12O3. The maximum absolute atomic E-state index is 13.8. The molecule has 4 aromatic heterocycles. The number of aromatic amines is 2. The van der Waals surface area contributed by atoms with E-state index in [-0.39, 0.29) is 24.3 Å². The van der Waals surface area contributed by atoms with Gasteiger partial charge in [0.15, 0.2) is 11.6 Å². The number of nitrogens with zero attached hydrogens (tertiary/aromatic N) is 6. The Kier molecular flexibility index (Phi) is 11.1. The number of hydrogen-bond acceptors (Lipinski definition) is 10. The van der Waals surface area contributed by atoms with Crippen LogP contribution in [0.5, 0.6) is 0 Å². The molecule has 58 heavy (non-hydrogen) atoms. The molecule has 3 amide bonds. The summed E-state index contributed by atoms with van der Waals surface area (Å²) in [6.07, 6.45) is 0. The van der Waals surface area contributed by atoms with Gasteiger partial charge in [0.2, 0.25) is 5.91 Å². The minimum Gasteiger partial charge on any atom is -0.368 e. The number of nitrogens with one attached hydrogen (secondary N) is 6. The van der Waals surface area contributed by atoms with Crippen molar-refractivity contribution in [3.8, 4) is 22.8 Å². The van der Waals surface area contributed by atoms with Gasteiger partial charge in [0.1, 0.15) is 34.3 Å². The van der Waals surface area contributed by atoms with Gasteiger partial charge in [0.25, 0.3) is 11.8 Å². The number of piperazine rings is 1. The first-order chi connectivity index (χ1) is 28.3. The Hall–Kier alpha value is -7.00. The standard InChI is InChI=1S/C42H41ClN12O3/c1-26(56)44-16-17-45-37-31-24-33(48-39(31)52-35(50-37)27-8-4-2-5-9-27)41(57)47-19-18-46-38-32-25-34(49-40(32)53-36(51-38)28-10-6-3-7-11-28)42(58)55-22-20-54(21-23-55)30-14-12-29(43)13-15-30/h2-15,24-25H,16-23H2,1H3,(H,44,56)(H,47,57)(H2,45,48,50,52)(H2,46,49,51,53). The second-order valence-corrected chi connectivity index (χ2v) is 14.2. The lowest BCUT2D eigenvalue weighted by molar-refractivity contribution is -0.118. The molecule has 3 aromatic carbocycles. The third-order valence-electron chi connectivity index (χ3n) is 9.77. The lowest BCUT2D eigenvalue weighted by Gasteiger charge is -2.36. The van der Waals surface area contributed by atoms with E-state index in [1.54, 1.807) is 12.1 Å². The number of benzene rings is 3. The molecule has 6 N–H and O–H groups in total. The molecule has 1 aliphatic rings. The molecule has 1 saturated heterocycles. The molecule has 0 atom stereocenters. The molecule has 1 aliphatic heterocycles. The summed E-state index contributed by atoms with van der Waals surface area (Å²) in [5, 5.41) is 14.4. The summed E-state index contributed by atoms with van der Waals surface area (Å²) in [6, 6.07) is 30.4. The van der Waals surface area contributed by atoms with Crippen molar-refractivity contribution in [3.05, 3.63) is 113 Å². The number of halogens is 1. The Morgan fingerprint density at radius 2 is 1.16 bits per heavy atom. The first kappa shape index (κ1) is 37.9. The van der Waals surface area contributed by atoms with Crippen LogP contribution in [0.1, 0.15) is 27.9 Å². The molecule has 1 fully saturated rings. The van der Waals surface area contributed by atoms with Gasteiger partial charge in [-0.25, -0.2) is 19.9 Å². The van der Waals surface area contributed by atoms with Crippen molar-refractivity contribution in [2.24, 2.45) is 0 Å². The minimum absolute atomic E-state index is 0.113. The van der Waals surface area contributed by atoms with E-state index in [4.69, 9.17) is 31.5 Å². The Bertz CT molecular complexity index is 2570. The number of carbonyl (C=O) groups is 3. The minimum atomic E-state index is -0.325. The molecule has 15 nitrogen and oxygen atoms in total. The zero-order chi connectivity index (χ0) is 40.0. The highest BCUT2D eigenvalue weighted by Crippen LogP contribution is 2.28. The van der Waals surface area contributed by atoms with Gasteiger partial charge in [-0.2, -0.15) is 0 Å². The van der Waals surface area contributed by atoms with E-state index in [0.29, 0.717) is 108 Å². The van der Waals surface area contributed by atoms with Crippen molar-refractivity contribution >= 4 is 68.7 Å². The summed E-state index contributed by atoms with van der Waals surface area (Å²) in [4.78, 5) is 68.2. The highest BCUT2D eigenvalue weighted by Gasteiger charge is 2.25. The van der Waals surface area contributed by atoms with Crippen LogP contribution >= 0.6 is 11.6 Å². The average Bonchev–Trinajstić information content (AvgIpc) is 3.90. The van der Waals surface area contributed by atoms with Crippen molar-refractivity contribution in [2.75, 3.05) is 67.9 Å². The topological polar surface area (TPSA) is 189 Å². The fourth-order valence-electron chi connectivity index (χ4n) is 6.82. The fraction of sp³-hybridized carbons (Fsp3) is 0.214. The van der Waals surface area contributed by atoms with Crippen LogP contribution in [0.4, 0.5) is 17.3 Å². The smallest absolute Gasteiger partial charge is 0.270 e. The number of rotatable bonds is 13. The molecule has 0 bridgehead atoms. The monoisotopic (exact) mass is 796 g/mol. The van der Waals surface area contributed by atoms with Crippen molar-refractivity contribution in [3.63, 3.8) is 0 Å². The zero-order valence-electron chi connectivity index (χ0n) is 31.7. The zero-order valence-corrected chi connectivity index (χ0v) is 32.4. The van der Waals surface area contributed by atoms with Crippen LogP contribution in [-0.2, 0) is 4.79 Å². The van der Waals surface area contributed by atoms with Gasteiger partial charge in [-0.3, -0.25) is 14.4 Å².